The van der Waals surface area contributed by atoms with E-state index in [2.05, 4.69) is 15.2 Å². The second-order valence-corrected chi connectivity index (χ2v) is 5.65. The number of benzene rings is 1. The third kappa shape index (κ3) is 2.60. The number of fused-ring (bicyclic) bond motifs is 1. The zero-order valence-electron chi connectivity index (χ0n) is 11.0. The molecule has 0 fully saturated rings. The van der Waals surface area contributed by atoms with Crippen molar-refractivity contribution in [3.8, 4) is 0 Å². The summed E-state index contributed by atoms with van der Waals surface area (Å²) in [5.41, 5.74) is 9.05. The van der Waals surface area contributed by atoms with Crippen LogP contribution in [0.15, 0.2) is 29.8 Å². The maximum atomic E-state index is 12.1. The number of carbonyl (C=O) groups is 1. The van der Waals surface area contributed by atoms with Crippen LogP contribution in [0.4, 0.5) is 16.5 Å². The lowest BCUT2D eigenvalue weighted by molar-refractivity contribution is -0.115. The summed E-state index contributed by atoms with van der Waals surface area (Å²) < 4.78 is 0. The van der Waals surface area contributed by atoms with Gasteiger partial charge in [0, 0.05) is 29.5 Å². The molecule has 0 atom stereocenters. The molecule has 0 saturated carbocycles. The lowest BCUT2D eigenvalue weighted by Gasteiger charge is -2.31. The van der Waals surface area contributed by atoms with Gasteiger partial charge in [-0.3, -0.25) is 4.79 Å². The van der Waals surface area contributed by atoms with Crippen LogP contribution in [0.3, 0.4) is 0 Å². The Kier molecular flexibility index (Phi) is 3.56. The standard InChI is InChI=1S/C14H16N4OS/c15-11-4-1-5-12-10(11)3-2-7-18(12)9-13(19)17-14-16-6-8-20-14/h1,4-6,8H,2-3,7,9,15H2,(H,16,17,19). The largest absolute Gasteiger partial charge is 0.398 e. The Morgan fingerprint density at radius 2 is 2.40 bits per heavy atom. The van der Waals surface area contributed by atoms with E-state index >= 15 is 0 Å². The first-order valence-corrected chi connectivity index (χ1v) is 7.43. The van der Waals surface area contributed by atoms with Crippen molar-refractivity contribution in [2.45, 2.75) is 12.8 Å². The van der Waals surface area contributed by atoms with Crippen LogP contribution in [0.2, 0.25) is 0 Å². The highest BCUT2D eigenvalue weighted by atomic mass is 32.1. The van der Waals surface area contributed by atoms with E-state index in [1.165, 1.54) is 11.3 Å². The van der Waals surface area contributed by atoms with E-state index in [-0.39, 0.29) is 5.91 Å². The number of carbonyl (C=O) groups excluding carboxylic acids is 1. The number of hydrogen-bond donors (Lipinski definition) is 2. The minimum absolute atomic E-state index is 0.0461. The van der Waals surface area contributed by atoms with Crippen molar-refractivity contribution < 1.29 is 4.79 Å². The fourth-order valence-electron chi connectivity index (χ4n) is 2.51. The zero-order valence-corrected chi connectivity index (χ0v) is 11.8. The van der Waals surface area contributed by atoms with Gasteiger partial charge in [0.05, 0.1) is 6.54 Å². The van der Waals surface area contributed by atoms with Crippen molar-refractivity contribution >= 4 is 33.8 Å². The summed E-state index contributed by atoms with van der Waals surface area (Å²) in [7, 11) is 0. The summed E-state index contributed by atoms with van der Waals surface area (Å²) in [6, 6.07) is 5.88. The number of thiazole rings is 1. The van der Waals surface area contributed by atoms with Crippen molar-refractivity contribution in [2.75, 3.05) is 29.0 Å². The highest BCUT2D eigenvalue weighted by molar-refractivity contribution is 7.13. The zero-order chi connectivity index (χ0) is 13.9. The van der Waals surface area contributed by atoms with Gasteiger partial charge in [0.1, 0.15) is 0 Å². The molecule has 0 aliphatic carbocycles. The molecule has 0 bridgehead atoms. The van der Waals surface area contributed by atoms with Crippen LogP contribution in [0.25, 0.3) is 0 Å². The quantitative estimate of drug-likeness (QED) is 0.849. The smallest absolute Gasteiger partial charge is 0.245 e. The van der Waals surface area contributed by atoms with Crippen LogP contribution in [0.5, 0.6) is 0 Å². The van der Waals surface area contributed by atoms with Gasteiger partial charge in [0.2, 0.25) is 5.91 Å². The van der Waals surface area contributed by atoms with E-state index < -0.39 is 0 Å². The van der Waals surface area contributed by atoms with E-state index in [0.29, 0.717) is 11.7 Å². The molecule has 1 aromatic carbocycles. The molecule has 3 N–H and O–H groups in total. The third-order valence-corrected chi connectivity index (χ3v) is 4.08. The predicted molar refractivity (Wildman–Crippen MR) is 82.1 cm³/mol. The van der Waals surface area contributed by atoms with Gasteiger partial charge >= 0.3 is 0 Å². The normalized spacial score (nSPS) is 13.9. The SMILES string of the molecule is Nc1cccc2c1CCCN2CC(=O)Nc1nccs1. The van der Waals surface area contributed by atoms with Crippen molar-refractivity contribution in [3.05, 3.63) is 35.3 Å². The van der Waals surface area contributed by atoms with Gasteiger partial charge < -0.3 is 16.0 Å². The molecule has 0 radical (unpaired) electrons. The fourth-order valence-corrected chi connectivity index (χ4v) is 3.05. The van der Waals surface area contributed by atoms with Crippen molar-refractivity contribution in [1.29, 1.82) is 0 Å². The molecular formula is C14H16N4OS. The molecule has 104 valence electrons. The molecule has 1 aromatic heterocycles. The lowest BCUT2D eigenvalue weighted by Crippen LogP contribution is -2.37. The molecule has 20 heavy (non-hydrogen) atoms. The molecule has 1 aliphatic heterocycles. The number of nitrogens with zero attached hydrogens (tertiary/aromatic N) is 2. The third-order valence-electron chi connectivity index (χ3n) is 3.40. The van der Waals surface area contributed by atoms with Gasteiger partial charge in [-0.1, -0.05) is 6.07 Å². The molecule has 3 rings (SSSR count). The molecule has 2 heterocycles. The molecule has 1 aliphatic rings. The van der Waals surface area contributed by atoms with Gasteiger partial charge in [-0.05, 0) is 30.5 Å². The van der Waals surface area contributed by atoms with Crippen LogP contribution in [-0.2, 0) is 11.2 Å². The van der Waals surface area contributed by atoms with Crippen molar-refractivity contribution in [3.63, 3.8) is 0 Å². The van der Waals surface area contributed by atoms with E-state index in [9.17, 15) is 4.79 Å². The fraction of sp³-hybridized carbons (Fsp3) is 0.286. The second-order valence-electron chi connectivity index (χ2n) is 4.76. The van der Waals surface area contributed by atoms with Crippen LogP contribution >= 0.6 is 11.3 Å². The summed E-state index contributed by atoms with van der Waals surface area (Å²) in [5, 5.41) is 5.29. The Labute approximate surface area is 121 Å². The monoisotopic (exact) mass is 288 g/mol. The lowest BCUT2D eigenvalue weighted by atomic mass is 10.00. The first-order chi connectivity index (χ1) is 9.74. The van der Waals surface area contributed by atoms with Gasteiger partial charge in [-0.25, -0.2) is 4.98 Å². The van der Waals surface area contributed by atoms with Crippen LogP contribution in [-0.4, -0.2) is 24.0 Å². The van der Waals surface area contributed by atoms with Crippen LogP contribution in [0, 0.1) is 0 Å². The number of anilines is 3. The van der Waals surface area contributed by atoms with Crippen molar-refractivity contribution in [1.82, 2.24) is 4.98 Å². The Morgan fingerprint density at radius 1 is 1.50 bits per heavy atom. The average molecular weight is 288 g/mol. The van der Waals surface area contributed by atoms with Crippen LogP contribution in [0.1, 0.15) is 12.0 Å². The summed E-state index contributed by atoms with van der Waals surface area (Å²) in [6.45, 7) is 1.21. The molecule has 0 saturated heterocycles. The number of aromatic nitrogens is 1. The molecule has 2 aromatic rings. The molecule has 5 nitrogen and oxygen atoms in total. The maximum absolute atomic E-state index is 12.1. The molecule has 1 amide bonds. The van der Waals surface area contributed by atoms with E-state index in [1.54, 1.807) is 6.20 Å². The Balaban J connectivity index is 1.73. The van der Waals surface area contributed by atoms with Gasteiger partial charge in [0.15, 0.2) is 5.13 Å². The summed E-state index contributed by atoms with van der Waals surface area (Å²) >= 11 is 1.42. The van der Waals surface area contributed by atoms with Gasteiger partial charge in [-0.2, -0.15) is 0 Å². The number of hydrogen-bond acceptors (Lipinski definition) is 5. The summed E-state index contributed by atoms with van der Waals surface area (Å²) in [6.07, 6.45) is 3.68. The second kappa shape index (κ2) is 5.50. The summed E-state index contributed by atoms with van der Waals surface area (Å²) in [5.74, 6) is -0.0461. The average Bonchev–Trinajstić information content (AvgIpc) is 2.93. The topological polar surface area (TPSA) is 71.2 Å². The van der Waals surface area contributed by atoms with Gasteiger partial charge in [-0.15, -0.1) is 11.3 Å². The number of nitrogens with two attached hydrogens (primary N) is 1. The number of rotatable bonds is 3. The Hall–Kier alpha value is -2.08. The van der Waals surface area contributed by atoms with E-state index in [0.717, 1.165) is 36.3 Å². The van der Waals surface area contributed by atoms with Crippen molar-refractivity contribution in [2.24, 2.45) is 0 Å². The highest BCUT2D eigenvalue weighted by Crippen LogP contribution is 2.31. The number of nitrogen functional groups attached to an aromatic ring is 1. The molecule has 6 heteroatoms. The minimum Gasteiger partial charge on any atom is -0.398 e. The first kappa shape index (κ1) is 12.9. The molecule has 0 unspecified atom stereocenters. The minimum atomic E-state index is -0.0461. The van der Waals surface area contributed by atoms with E-state index in [4.69, 9.17) is 5.73 Å². The number of nitrogens with one attached hydrogen (secondary N) is 1. The molecule has 0 spiro atoms. The maximum Gasteiger partial charge on any atom is 0.245 e. The highest BCUT2D eigenvalue weighted by Gasteiger charge is 2.20. The number of amides is 1. The Morgan fingerprint density at radius 3 is 3.20 bits per heavy atom. The van der Waals surface area contributed by atoms with Gasteiger partial charge in [0.25, 0.3) is 0 Å². The Bertz CT molecular complexity index is 612. The molecular weight excluding hydrogens is 272 g/mol. The summed E-state index contributed by atoms with van der Waals surface area (Å²) in [4.78, 5) is 18.2. The predicted octanol–water partition coefficient (Wildman–Crippen LogP) is 2.12. The first-order valence-electron chi connectivity index (χ1n) is 6.55. The van der Waals surface area contributed by atoms with Crippen LogP contribution < -0.4 is 16.0 Å². The van der Waals surface area contributed by atoms with E-state index in [1.807, 2.05) is 23.6 Å².